The van der Waals surface area contributed by atoms with Gasteiger partial charge in [-0.1, -0.05) is 20.3 Å². The Kier molecular flexibility index (Phi) is 6.20. The second-order valence-corrected chi connectivity index (χ2v) is 4.97. The van der Waals surface area contributed by atoms with E-state index in [-0.39, 0.29) is 0 Å². The molecule has 0 N–H and O–H groups in total. The van der Waals surface area contributed by atoms with Crippen LogP contribution in [0.5, 0.6) is 0 Å². The minimum absolute atomic E-state index is 1.02. The second kappa shape index (κ2) is 7.54. The maximum absolute atomic E-state index is 3.23. The van der Waals surface area contributed by atoms with Crippen LogP contribution in [0.4, 0.5) is 0 Å². The highest BCUT2D eigenvalue weighted by Gasteiger charge is 1.97. The van der Waals surface area contributed by atoms with Gasteiger partial charge in [-0.15, -0.1) is 23.2 Å². The molecule has 0 aliphatic rings. The molecule has 0 aromatic carbocycles. The predicted octanol–water partition coefficient (Wildman–Crippen LogP) is 4.44. The fourth-order valence-electron chi connectivity index (χ4n) is 1.42. The fraction of sp³-hybridized carbons (Fsp3) is 0.571. The van der Waals surface area contributed by atoms with Gasteiger partial charge in [0.15, 0.2) is 0 Å². The molecule has 0 nitrogen and oxygen atoms in total. The van der Waals surface area contributed by atoms with E-state index in [2.05, 4.69) is 37.8 Å². The Balaban J connectivity index is 2.29. The molecule has 0 bridgehead atoms. The molecule has 1 aromatic rings. The number of rotatable bonds is 5. The molecule has 0 fully saturated rings. The van der Waals surface area contributed by atoms with Gasteiger partial charge in [0, 0.05) is 22.6 Å². The van der Waals surface area contributed by atoms with Crippen LogP contribution in [0.25, 0.3) is 0 Å². The van der Waals surface area contributed by atoms with Crippen LogP contribution in [0.2, 0.25) is 0 Å². The first-order valence-corrected chi connectivity index (χ1v) is 6.71. The van der Waals surface area contributed by atoms with Crippen LogP contribution in [0.15, 0.2) is 12.1 Å². The first-order valence-electron chi connectivity index (χ1n) is 5.90. The van der Waals surface area contributed by atoms with Crippen molar-refractivity contribution in [3.63, 3.8) is 0 Å². The number of thiophene rings is 1. The topological polar surface area (TPSA) is 0 Å². The standard InChI is InChI=1S/C14H20S/c1-3-5-6-7-8-10-14-12-11-13(15-14)9-4-2/h11-12H,3-5,8-10H2,1-2H3. The Morgan fingerprint density at radius 2 is 1.60 bits per heavy atom. The Labute approximate surface area is 97.7 Å². The van der Waals surface area contributed by atoms with Crippen molar-refractivity contribution in [2.75, 3.05) is 0 Å². The van der Waals surface area contributed by atoms with E-state index in [0.717, 1.165) is 19.3 Å². The van der Waals surface area contributed by atoms with Crippen LogP contribution in [-0.2, 0) is 12.8 Å². The molecule has 0 spiro atoms. The zero-order valence-electron chi connectivity index (χ0n) is 9.81. The molecule has 0 atom stereocenters. The van der Waals surface area contributed by atoms with E-state index in [0.29, 0.717) is 0 Å². The number of aryl methyl sites for hydroxylation is 2. The summed E-state index contributed by atoms with van der Waals surface area (Å²) in [6.07, 6.45) is 6.85. The summed E-state index contributed by atoms with van der Waals surface area (Å²) in [5.41, 5.74) is 0. The summed E-state index contributed by atoms with van der Waals surface area (Å²) in [7, 11) is 0. The quantitative estimate of drug-likeness (QED) is 0.644. The zero-order valence-corrected chi connectivity index (χ0v) is 10.6. The molecule has 1 heteroatoms. The van der Waals surface area contributed by atoms with Crippen molar-refractivity contribution < 1.29 is 0 Å². The minimum Gasteiger partial charge on any atom is -0.145 e. The van der Waals surface area contributed by atoms with Crippen LogP contribution in [-0.4, -0.2) is 0 Å². The second-order valence-electron chi connectivity index (χ2n) is 3.72. The van der Waals surface area contributed by atoms with E-state index in [1.165, 1.54) is 29.0 Å². The summed E-state index contributed by atoms with van der Waals surface area (Å²) < 4.78 is 0. The Hall–Kier alpha value is -0.740. The molecule has 0 saturated carbocycles. The Morgan fingerprint density at radius 1 is 0.933 bits per heavy atom. The fourth-order valence-corrected chi connectivity index (χ4v) is 2.54. The molecular formula is C14H20S. The van der Waals surface area contributed by atoms with E-state index in [1.54, 1.807) is 0 Å². The lowest BCUT2D eigenvalue weighted by atomic mass is 10.2. The highest BCUT2D eigenvalue weighted by atomic mass is 32.1. The molecule has 82 valence electrons. The zero-order chi connectivity index (χ0) is 10.9. The monoisotopic (exact) mass is 220 g/mol. The average Bonchev–Trinajstić information content (AvgIpc) is 2.66. The van der Waals surface area contributed by atoms with Gasteiger partial charge in [-0.25, -0.2) is 0 Å². The van der Waals surface area contributed by atoms with Gasteiger partial charge in [-0.3, -0.25) is 0 Å². The molecule has 1 rings (SSSR count). The van der Waals surface area contributed by atoms with Gasteiger partial charge in [0.25, 0.3) is 0 Å². The van der Waals surface area contributed by atoms with Crippen molar-refractivity contribution >= 4 is 11.3 Å². The first kappa shape index (κ1) is 12.3. The Morgan fingerprint density at radius 3 is 2.27 bits per heavy atom. The summed E-state index contributed by atoms with van der Waals surface area (Å²) in [6, 6.07) is 4.53. The highest BCUT2D eigenvalue weighted by Crippen LogP contribution is 2.19. The van der Waals surface area contributed by atoms with Gasteiger partial charge in [0.1, 0.15) is 0 Å². The van der Waals surface area contributed by atoms with E-state index >= 15 is 0 Å². The summed E-state index contributed by atoms with van der Waals surface area (Å²) in [5.74, 6) is 6.42. The van der Waals surface area contributed by atoms with Crippen molar-refractivity contribution in [1.29, 1.82) is 0 Å². The lowest BCUT2D eigenvalue weighted by Crippen LogP contribution is -1.76. The summed E-state index contributed by atoms with van der Waals surface area (Å²) in [5, 5.41) is 0. The third-order valence-electron chi connectivity index (χ3n) is 2.21. The van der Waals surface area contributed by atoms with Gasteiger partial charge in [-0.2, -0.15) is 0 Å². The molecule has 1 aromatic heterocycles. The summed E-state index contributed by atoms with van der Waals surface area (Å²) in [4.78, 5) is 3.01. The van der Waals surface area contributed by atoms with Gasteiger partial charge in [-0.05, 0) is 31.4 Å². The van der Waals surface area contributed by atoms with E-state index in [9.17, 15) is 0 Å². The SMILES string of the molecule is CCCC#CCCc1ccc(CCC)s1. The third kappa shape index (κ3) is 5.04. The lowest BCUT2D eigenvalue weighted by Gasteiger charge is -1.91. The minimum atomic E-state index is 1.02. The number of hydrogen-bond donors (Lipinski definition) is 0. The van der Waals surface area contributed by atoms with Crippen molar-refractivity contribution in [2.45, 2.75) is 52.4 Å². The summed E-state index contributed by atoms with van der Waals surface area (Å²) >= 11 is 1.95. The third-order valence-corrected chi connectivity index (χ3v) is 3.41. The number of hydrogen-bond acceptors (Lipinski definition) is 1. The normalized spacial score (nSPS) is 9.73. The molecule has 0 saturated heterocycles. The highest BCUT2D eigenvalue weighted by molar-refractivity contribution is 7.11. The Bertz CT molecular complexity index is 325. The molecule has 0 aliphatic carbocycles. The lowest BCUT2D eigenvalue weighted by molar-refractivity contribution is 0.940. The molecular weight excluding hydrogens is 200 g/mol. The molecule has 0 unspecified atom stereocenters. The molecule has 0 amide bonds. The molecule has 15 heavy (non-hydrogen) atoms. The molecule has 0 aliphatic heterocycles. The van der Waals surface area contributed by atoms with Crippen LogP contribution in [0.3, 0.4) is 0 Å². The summed E-state index contributed by atoms with van der Waals surface area (Å²) in [6.45, 7) is 4.40. The van der Waals surface area contributed by atoms with Gasteiger partial charge in [0.2, 0.25) is 0 Å². The predicted molar refractivity (Wildman–Crippen MR) is 69.3 cm³/mol. The van der Waals surface area contributed by atoms with Gasteiger partial charge in [0.05, 0.1) is 0 Å². The van der Waals surface area contributed by atoms with Crippen molar-refractivity contribution in [3.8, 4) is 11.8 Å². The van der Waals surface area contributed by atoms with Crippen LogP contribution < -0.4 is 0 Å². The molecule has 1 heterocycles. The molecule has 0 radical (unpaired) electrons. The maximum atomic E-state index is 3.23. The average molecular weight is 220 g/mol. The van der Waals surface area contributed by atoms with Crippen LogP contribution in [0.1, 0.15) is 49.3 Å². The largest absolute Gasteiger partial charge is 0.145 e. The van der Waals surface area contributed by atoms with Crippen LogP contribution >= 0.6 is 11.3 Å². The van der Waals surface area contributed by atoms with Crippen molar-refractivity contribution in [1.82, 2.24) is 0 Å². The van der Waals surface area contributed by atoms with Crippen molar-refractivity contribution in [3.05, 3.63) is 21.9 Å². The van der Waals surface area contributed by atoms with Crippen LogP contribution in [0, 0.1) is 11.8 Å². The van der Waals surface area contributed by atoms with Gasteiger partial charge >= 0.3 is 0 Å². The smallest absolute Gasteiger partial charge is 0.0137 e. The van der Waals surface area contributed by atoms with Gasteiger partial charge < -0.3 is 0 Å². The van der Waals surface area contributed by atoms with E-state index in [1.807, 2.05) is 11.3 Å². The first-order chi connectivity index (χ1) is 7.36. The van der Waals surface area contributed by atoms with Crippen molar-refractivity contribution in [2.24, 2.45) is 0 Å². The van der Waals surface area contributed by atoms with E-state index < -0.39 is 0 Å². The van der Waals surface area contributed by atoms with E-state index in [4.69, 9.17) is 0 Å². The maximum Gasteiger partial charge on any atom is 0.0137 e. The number of unbranched alkanes of at least 4 members (excludes halogenated alkanes) is 1.